The van der Waals surface area contributed by atoms with Crippen LogP contribution in [0.5, 0.6) is 5.75 Å². The molecule has 1 heterocycles. The molecule has 0 unspecified atom stereocenters. The van der Waals surface area contributed by atoms with Crippen molar-refractivity contribution in [3.8, 4) is 5.75 Å². The van der Waals surface area contributed by atoms with Crippen LogP contribution in [0.3, 0.4) is 0 Å². The molecule has 0 aliphatic carbocycles. The zero-order chi connectivity index (χ0) is 13.8. The normalized spacial score (nSPS) is 13.6. The first-order valence-corrected chi connectivity index (χ1v) is 6.09. The third kappa shape index (κ3) is 2.96. The smallest absolute Gasteiger partial charge is 0.314 e. The molecule has 2 rings (SSSR count). The molecule has 0 spiro atoms. The second kappa shape index (κ2) is 5.60. The predicted octanol–water partition coefficient (Wildman–Crippen LogP) is 0.513. The fourth-order valence-electron chi connectivity index (χ4n) is 1.88. The molecule has 6 heteroatoms. The minimum absolute atomic E-state index is 0.0619. The van der Waals surface area contributed by atoms with Crippen molar-refractivity contribution in [3.05, 3.63) is 23.8 Å². The summed E-state index contributed by atoms with van der Waals surface area (Å²) in [5, 5.41) is 5.21. The molecule has 1 aromatic rings. The summed E-state index contributed by atoms with van der Waals surface area (Å²) in [5.74, 6) is 0.651. The molecule has 102 valence electrons. The molecule has 1 aliphatic heterocycles. The van der Waals surface area contributed by atoms with Crippen LogP contribution in [0.15, 0.2) is 18.2 Å². The summed E-state index contributed by atoms with van der Waals surface area (Å²) in [6.07, 6.45) is 0.697. The van der Waals surface area contributed by atoms with Crippen LogP contribution in [0.1, 0.15) is 5.56 Å². The van der Waals surface area contributed by atoms with E-state index in [4.69, 9.17) is 4.74 Å². The third-order valence-electron chi connectivity index (χ3n) is 3.04. The summed E-state index contributed by atoms with van der Waals surface area (Å²) in [4.78, 5) is 24.2. The van der Waals surface area contributed by atoms with E-state index < -0.39 is 0 Å². The van der Waals surface area contributed by atoms with Crippen molar-refractivity contribution in [2.75, 3.05) is 32.1 Å². The van der Waals surface area contributed by atoms with Crippen LogP contribution in [-0.4, -0.2) is 39.2 Å². The number of ether oxygens (including phenoxy) is 1. The molecule has 19 heavy (non-hydrogen) atoms. The fraction of sp³-hybridized carbons (Fsp3) is 0.385. The Kier molecular flexibility index (Phi) is 3.89. The van der Waals surface area contributed by atoms with E-state index in [0.717, 1.165) is 11.3 Å². The quantitative estimate of drug-likeness (QED) is 0.835. The summed E-state index contributed by atoms with van der Waals surface area (Å²) < 4.78 is 5.35. The topological polar surface area (TPSA) is 70.7 Å². The Morgan fingerprint density at radius 1 is 1.47 bits per heavy atom. The lowest BCUT2D eigenvalue weighted by Gasteiger charge is -2.26. The summed E-state index contributed by atoms with van der Waals surface area (Å²) in [5.41, 5.74) is 1.81. The largest absolute Gasteiger partial charge is 0.482 e. The van der Waals surface area contributed by atoms with Gasteiger partial charge < -0.3 is 20.3 Å². The molecule has 0 saturated carbocycles. The van der Waals surface area contributed by atoms with Gasteiger partial charge in [0.2, 0.25) is 0 Å². The minimum atomic E-state index is -0.200. The van der Waals surface area contributed by atoms with Crippen LogP contribution in [0.25, 0.3) is 0 Å². The number of fused-ring (bicyclic) bond motifs is 1. The Morgan fingerprint density at radius 2 is 2.26 bits per heavy atom. The van der Waals surface area contributed by atoms with Gasteiger partial charge in [0, 0.05) is 20.6 Å². The summed E-state index contributed by atoms with van der Waals surface area (Å²) in [6, 6.07) is 5.51. The van der Waals surface area contributed by atoms with Gasteiger partial charge in [-0.3, -0.25) is 4.79 Å². The van der Waals surface area contributed by atoms with Gasteiger partial charge in [0.05, 0.1) is 5.69 Å². The first-order chi connectivity index (χ1) is 9.11. The standard InChI is InChI=1S/C13H17N3O3/c1-14-13(18)15-6-5-9-3-4-11-10(7-9)16(2)12(17)8-19-11/h3-4,7H,5-6,8H2,1-2H3,(H2,14,15,18). The van der Waals surface area contributed by atoms with E-state index in [1.165, 1.54) is 0 Å². The van der Waals surface area contributed by atoms with Crippen LogP contribution in [0, 0.1) is 0 Å². The van der Waals surface area contributed by atoms with Crippen molar-refractivity contribution in [3.63, 3.8) is 0 Å². The molecule has 0 aromatic heterocycles. The van der Waals surface area contributed by atoms with Gasteiger partial charge in [0.15, 0.2) is 6.61 Å². The number of anilines is 1. The number of carbonyl (C=O) groups excluding carboxylic acids is 2. The van der Waals surface area contributed by atoms with Crippen molar-refractivity contribution < 1.29 is 14.3 Å². The van der Waals surface area contributed by atoms with Crippen molar-refractivity contribution in [2.24, 2.45) is 0 Å². The Bertz CT molecular complexity index is 502. The van der Waals surface area contributed by atoms with Gasteiger partial charge in [-0.2, -0.15) is 0 Å². The summed E-state index contributed by atoms with van der Waals surface area (Å²) in [7, 11) is 3.31. The van der Waals surface area contributed by atoms with Gasteiger partial charge in [-0.25, -0.2) is 4.79 Å². The Morgan fingerprint density at radius 3 is 3.00 bits per heavy atom. The highest BCUT2D eigenvalue weighted by Crippen LogP contribution is 2.31. The van der Waals surface area contributed by atoms with E-state index in [1.807, 2.05) is 18.2 Å². The first kappa shape index (κ1) is 13.2. The minimum Gasteiger partial charge on any atom is -0.482 e. The molecular formula is C13H17N3O3. The average molecular weight is 263 g/mol. The highest BCUT2D eigenvalue weighted by Gasteiger charge is 2.22. The van der Waals surface area contributed by atoms with Gasteiger partial charge in [-0.15, -0.1) is 0 Å². The predicted molar refractivity (Wildman–Crippen MR) is 71.5 cm³/mol. The maximum Gasteiger partial charge on any atom is 0.314 e. The Balaban J connectivity index is 2.04. The highest BCUT2D eigenvalue weighted by molar-refractivity contribution is 5.97. The van der Waals surface area contributed by atoms with E-state index in [9.17, 15) is 9.59 Å². The lowest BCUT2D eigenvalue weighted by Crippen LogP contribution is -2.35. The van der Waals surface area contributed by atoms with E-state index in [1.54, 1.807) is 19.0 Å². The number of amides is 3. The number of carbonyl (C=O) groups is 2. The van der Waals surface area contributed by atoms with Crippen LogP contribution in [0.2, 0.25) is 0 Å². The number of hydrogen-bond acceptors (Lipinski definition) is 3. The average Bonchev–Trinajstić information content (AvgIpc) is 2.43. The maximum atomic E-state index is 11.5. The van der Waals surface area contributed by atoms with E-state index >= 15 is 0 Å². The molecule has 3 amide bonds. The Hall–Kier alpha value is -2.24. The monoisotopic (exact) mass is 263 g/mol. The highest BCUT2D eigenvalue weighted by atomic mass is 16.5. The molecule has 2 N–H and O–H groups in total. The lowest BCUT2D eigenvalue weighted by molar-refractivity contribution is -0.120. The first-order valence-electron chi connectivity index (χ1n) is 6.09. The summed E-state index contributed by atoms with van der Waals surface area (Å²) >= 11 is 0. The van der Waals surface area contributed by atoms with Crippen molar-refractivity contribution in [2.45, 2.75) is 6.42 Å². The van der Waals surface area contributed by atoms with Crippen molar-refractivity contribution in [1.82, 2.24) is 10.6 Å². The number of hydrogen-bond donors (Lipinski definition) is 2. The molecule has 0 saturated heterocycles. The Labute approximate surface area is 111 Å². The number of urea groups is 1. The van der Waals surface area contributed by atoms with Gasteiger partial charge in [0.25, 0.3) is 5.91 Å². The fourth-order valence-corrected chi connectivity index (χ4v) is 1.88. The van der Waals surface area contributed by atoms with E-state index in [-0.39, 0.29) is 18.5 Å². The van der Waals surface area contributed by atoms with Crippen LogP contribution >= 0.6 is 0 Å². The molecular weight excluding hydrogens is 246 g/mol. The zero-order valence-electron chi connectivity index (χ0n) is 11.0. The number of rotatable bonds is 3. The van der Waals surface area contributed by atoms with Gasteiger partial charge in [-0.1, -0.05) is 6.07 Å². The molecule has 1 aromatic carbocycles. The molecule has 0 atom stereocenters. The number of nitrogens with zero attached hydrogens (tertiary/aromatic N) is 1. The SMILES string of the molecule is CNC(=O)NCCc1ccc2c(c1)N(C)C(=O)CO2. The molecule has 0 fully saturated rings. The van der Waals surface area contributed by atoms with Gasteiger partial charge in [-0.05, 0) is 24.1 Å². The number of likely N-dealkylation sites (N-methyl/N-ethyl adjacent to an activating group) is 1. The maximum absolute atomic E-state index is 11.5. The van der Waals surface area contributed by atoms with Crippen LogP contribution in [0.4, 0.5) is 10.5 Å². The number of nitrogens with one attached hydrogen (secondary N) is 2. The van der Waals surface area contributed by atoms with Gasteiger partial charge >= 0.3 is 6.03 Å². The second-order valence-electron chi connectivity index (χ2n) is 4.30. The zero-order valence-corrected chi connectivity index (χ0v) is 11.0. The van der Waals surface area contributed by atoms with Crippen LogP contribution in [-0.2, 0) is 11.2 Å². The molecule has 0 radical (unpaired) electrons. The molecule has 1 aliphatic rings. The van der Waals surface area contributed by atoms with Crippen molar-refractivity contribution in [1.29, 1.82) is 0 Å². The summed E-state index contributed by atoms with van der Waals surface area (Å²) in [6.45, 7) is 0.623. The molecule has 0 bridgehead atoms. The van der Waals surface area contributed by atoms with E-state index in [0.29, 0.717) is 18.7 Å². The van der Waals surface area contributed by atoms with Crippen LogP contribution < -0.4 is 20.3 Å². The third-order valence-corrected chi connectivity index (χ3v) is 3.04. The van der Waals surface area contributed by atoms with Gasteiger partial charge in [0.1, 0.15) is 5.75 Å². The number of benzene rings is 1. The molecule has 6 nitrogen and oxygen atoms in total. The second-order valence-corrected chi connectivity index (χ2v) is 4.30. The van der Waals surface area contributed by atoms with E-state index in [2.05, 4.69) is 10.6 Å². The lowest BCUT2D eigenvalue weighted by atomic mass is 10.1. The van der Waals surface area contributed by atoms with Crippen molar-refractivity contribution >= 4 is 17.6 Å².